The van der Waals surface area contributed by atoms with Gasteiger partial charge in [-0.2, -0.15) is 0 Å². The molecule has 8 heteroatoms. The molecule has 0 unspecified atom stereocenters. The van der Waals surface area contributed by atoms with Crippen molar-refractivity contribution in [2.75, 3.05) is 19.6 Å². The number of hydrogen-bond donors (Lipinski definition) is 2. The number of rotatable bonds is 4. The first-order valence-electron chi connectivity index (χ1n) is 8.20. The summed E-state index contributed by atoms with van der Waals surface area (Å²) in [5.41, 5.74) is 0.621. The van der Waals surface area contributed by atoms with Crippen molar-refractivity contribution in [2.24, 2.45) is 0 Å². The molecule has 6 nitrogen and oxygen atoms in total. The molecule has 1 aliphatic rings. The Kier molecular flexibility index (Phi) is 7.43. The van der Waals surface area contributed by atoms with E-state index >= 15 is 0 Å². The topological polar surface area (TPSA) is 78.5 Å². The normalized spacial score (nSPS) is 18.6. The second kappa shape index (κ2) is 8.49. The molecule has 1 amide bonds. The van der Waals surface area contributed by atoms with Gasteiger partial charge in [0, 0.05) is 36.8 Å². The first kappa shape index (κ1) is 21.9. The largest absolute Gasteiger partial charge is 0.333 e. The van der Waals surface area contributed by atoms with Crippen LogP contribution in [0.25, 0.3) is 0 Å². The van der Waals surface area contributed by atoms with Crippen molar-refractivity contribution in [3.63, 3.8) is 0 Å². The third kappa shape index (κ3) is 6.58. The summed E-state index contributed by atoms with van der Waals surface area (Å²) in [5.74, 6) is -0.185. The van der Waals surface area contributed by atoms with Crippen LogP contribution in [0.15, 0.2) is 24.3 Å². The second-order valence-corrected chi connectivity index (χ2v) is 9.09. The van der Waals surface area contributed by atoms with Gasteiger partial charge in [-0.3, -0.25) is 4.79 Å². The van der Waals surface area contributed by atoms with Crippen LogP contribution in [0.3, 0.4) is 0 Å². The number of carbonyl (C=O) groups is 1. The number of nitrogens with one attached hydrogen (secondary N) is 2. The van der Waals surface area contributed by atoms with E-state index in [4.69, 9.17) is 0 Å². The lowest BCUT2D eigenvalue weighted by molar-refractivity contribution is 0.0655. The Labute approximate surface area is 156 Å². The maximum Gasteiger partial charge on any atom is 0.254 e. The van der Waals surface area contributed by atoms with Crippen LogP contribution < -0.4 is 10.0 Å². The van der Waals surface area contributed by atoms with Gasteiger partial charge in [-0.15, -0.1) is 12.4 Å². The van der Waals surface area contributed by atoms with E-state index in [0.29, 0.717) is 17.7 Å². The molecule has 0 saturated carbocycles. The molecular weight excluding hydrogens is 362 g/mol. The van der Waals surface area contributed by atoms with Crippen molar-refractivity contribution < 1.29 is 13.2 Å². The molecule has 2 rings (SSSR count). The first-order valence-corrected chi connectivity index (χ1v) is 9.85. The number of hydrogen-bond acceptors (Lipinski definition) is 4. The molecule has 1 heterocycles. The molecule has 25 heavy (non-hydrogen) atoms. The lowest BCUT2D eigenvalue weighted by Crippen LogP contribution is -2.52. The zero-order valence-corrected chi connectivity index (χ0v) is 16.8. The minimum absolute atomic E-state index is 0. The maximum atomic E-state index is 12.7. The Morgan fingerprint density at radius 3 is 2.64 bits per heavy atom. The lowest BCUT2D eigenvalue weighted by Gasteiger charge is -2.34. The van der Waals surface area contributed by atoms with Crippen molar-refractivity contribution in [1.29, 1.82) is 0 Å². The van der Waals surface area contributed by atoms with Crippen LogP contribution in [0.5, 0.6) is 0 Å². The van der Waals surface area contributed by atoms with Gasteiger partial charge in [0.15, 0.2) is 0 Å². The molecular formula is C17H28ClN3O3S. The van der Waals surface area contributed by atoms with Gasteiger partial charge >= 0.3 is 0 Å². The van der Waals surface area contributed by atoms with E-state index in [0.717, 1.165) is 13.1 Å². The second-order valence-electron chi connectivity index (χ2n) is 7.36. The Morgan fingerprint density at radius 2 is 2.04 bits per heavy atom. The summed E-state index contributed by atoms with van der Waals surface area (Å²) in [4.78, 5) is 14.5. The van der Waals surface area contributed by atoms with Crippen molar-refractivity contribution >= 4 is 28.3 Å². The molecule has 1 atom stereocenters. The number of halogens is 1. The summed E-state index contributed by atoms with van der Waals surface area (Å²) in [7, 11) is -3.46. The summed E-state index contributed by atoms with van der Waals surface area (Å²) in [6.07, 6.45) is 0. The highest BCUT2D eigenvalue weighted by atomic mass is 35.5. The van der Waals surface area contributed by atoms with Gasteiger partial charge in [-0.05, 0) is 45.4 Å². The van der Waals surface area contributed by atoms with Gasteiger partial charge in [-0.1, -0.05) is 12.1 Å². The Bertz CT molecular complexity index is 701. The van der Waals surface area contributed by atoms with Crippen molar-refractivity contribution in [1.82, 2.24) is 14.9 Å². The molecule has 1 aromatic rings. The van der Waals surface area contributed by atoms with E-state index in [2.05, 4.69) is 10.0 Å². The Hall–Kier alpha value is -1.15. The predicted octanol–water partition coefficient (Wildman–Crippen LogP) is 1.76. The fourth-order valence-corrected chi connectivity index (χ4v) is 4.45. The molecule has 0 spiro atoms. The van der Waals surface area contributed by atoms with Crippen LogP contribution in [0.4, 0.5) is 0 Å². The molecule has 1 saturated heterocycles. The van der Waals surface area contributed by atoms with Crippen molar-refractivity contribution in [2.45, 2.75) is 45.0 Å². The van der Waals surface area contributed by atoms with Crippen LogP contribution in [0, 0.1) is 0 Å². The minimum atomic E-state index is -3.46. The van der Waals surface area contributed by atoms with Gasteiger partial charge < -0.3 is 10.2 Å². The molecule has 0 bridgehead atoms. The van der Waals surface area contributed by atoms with Gasteiger partial charge in [0.1, 0.15) is 0 Å². The van der Waals surface area contributed by atoms with Gasteiger partial charge in [0.05, 0.1) is 5.75 Å². The number of carbonyl (C=O) groups excluding carboxylic acids is 1. The van der Waals surface area contributed by atoms with Crippen LogP contribution in [-0.2, 0) is 15.8 Å². The van der Waals surface area contributed by atoms with Crippen LogP contribution >= 0.6 is 12.4 Å². The molecule has 0 aromatic heterocycles. The summed E-state index contributed by atoms with van der Waals surface area (Å²) >= 11 is 0. The minimum Gasteiger partial charge on any atom is -0.333 e. The standard InChI is InChI=1S/C17H27N3O3S.ClH/c1-13-11-18-8-9-20(13)16(21)15-7-5-6-14(10-15)12-24(22,23)19-17(2,3)4;/h5-7,10,13,18-19H,8-9,11-12H2,1-4H3;1H/t13-;/m1./s1. The average molecular weight is 390 g/mol. The summed E-state index contributed by atoms with van der Waals surface area (Å²) in [5, 5.41) is 3.25. The predicted molar refractivity (Wildman–Crippen MR) is 103 cm³/mol. The van der Waals surface area contributed by atoms with Gasteiger partial charge in [0.25, 0.3) is 5.91 Å². The SMILES string of the molecule is C[C@@H]1CNCCN1C(=O)c1cccc(CS(=O)(=O)NC(C)(C)C)c1.Cl. The molecule has 0 radical (unpaired) electrons. The zero-order valence-electron chi connectivity index (χ0n) is 15.2. The molecule has 1 aliphatic heterocycles. The highest BCUT2D eigenvalue weighted by Gasteiger charge is 2.25. The number of amides is 1. The molecule has 142 valence electrons. The lowest BCUT2D eigenvalue weighted by atomic mass is 10.1. The molecule has 2 N–H and O–H groups in total. The van der Waals surface area contributed by atoms with E-state index < -0.39 is 15.6 Å². The fraction of sp³-hybridized carbons (Fsp3) is 0.588. The van der Waals surface area contributed by atoms with Crippen molar-refractivity contribution in [3.8, 4) is 0 Å². The van der Waals surface area contributed by atoms with Gasteiger partial charge in [-0.25, -0.2) is 13.1 Å². The number of benzene rings is 1. The summed E-state index contributed by atoms with van der Waals surface area (Å²) < 4.78 is 27.1. The number of sulfonamides is 1. The number of nitrogens with zero attached hydrogens (tertiary/aromatic N) is 1. The van der Waals surface area contributed by atoms with Crippen LogP contribution in [0.2, 0.25) is 0 Å². The monoisotopic (exact) mass is 389 g/mol. The highest BCUT2D eigenvalue weighted by molar-refractivity contribution is 7.88. The summed E-state index contributed by atoms with van der Waals surface area (Å²) in [6.45, 7) is 9.62. The number of piperazine rings is 1. The fourth-order valence-electron chi connectivity index (χ4n) is 2.82. The quantitative estimate of drug-likeness (QED) is 0.822. The summed E-state index contributed by atoms with van der Waals surface area (Å²) in [6, 6.07) is 7.02. The third-order valence-corrected chi connectivity index (χ3v) is 5.39. The van der Waals surface area contributed by atoms with Crippen molar-refractivity contribution in [3.05, 3.63) is 35.4 Å². The molecule has 0 aliphatic carbocycles. The van der Waals surface area contributed by atoms with E-state index in [-0.39, 0.29) is 30.1 Å². The molecule has 1 fully saturated rings. The average Bonchev–Trinajstić information content (AvgIpc) is 2.44. The van der Waals surface area contributed by atoms with E-state index in [9.17, 15) is 13.2 Å². The van der Waals surface area contributed by atoms with E-state index in [1.807, 2.05) is 11.8 Å². The van der Waals surface area contributed by atoms with E-state index in [1.165, 1.54) is 0 Å². The Balaban J connectivity index is 0.00000312. The maximum absolute atomic E-state index is 12.7. The smallest absolute Gasteiger partial charge is 0.254 e. The zero-order chi connectivity index (χ0) is 18.0. The third-order valence-electron chi connectivity index (χ3n) is 3.75. The Morgan fingerprint density at radius 1 is 1.36 bits per heavy atom. The van der Waals surface area contributed by atoms with Gasteiger partial charge in [0.2, 0.25) is 10.0 Å². The van der Waals surface area contributed by atoms with Crippen LogP contribution in [0.1, 0.15) is 43.6 Å². The van der Waals surface area contributed by atoms with Crippen LogP contribution in [-0.4, -0.2) is 50.4 Å². The van der Waals surface area contributed by atoms with E-state index in [1.54, 1.807) is 45.0 Å². The molecule has 1 aromatic carbocycles. The first-order chi connectivity index (χ1) is 11.1. The highest BCUT2D eigenvalue weighted by Crippen LogP contribution is 2.15.